The zero-order chi connectivity index (χ0) is 16.5. The van der Waals surface area contributed by atoms with Gasteiger partial charge in [0.2, 0.25) is 0 Å². The Kier molecular flexibility index (Phi) is 4.81. The molecule has 0 saturated carbocycles. The van der Waals surface area contributed by atoms with Crippen LogP contribution in [-0.2, 0) is 14.0 Å². The van der Waals surface area contributed by atoms with Gasteiger partial charge in [-0.05, 0) is 12.1 Å². The van der Waals surface area contributed by atoms with Crippen LogP contribution < -0.4 is 11.4 Å². The zero-order valence-corrected chi connectivity index (χ0v) is 12.4. The van der Waals surface area contributed by atoms with E-state index in [0.29, 0.717) is 5.82 Å². The number of nitrogen functional groups attached to an aromatic ring is 1. The second-order valence-electron chi connectivity index (χ2n) is 4.66. The van der Waals surface area contributed by atoms with Crippen LogP contribution >= 0.6 is 7.60 Å². The molecule has 0 unspecified atom stereocenters. The fourth-order valence-electron chi connectivity index (χ4n) is 2.13. The Morgan fingerprint density at radius 1 is 1.55 bits per heavy atom. The third-order valence-electron chi connectivity index (χ3n) is 3.12. The number of rotatable bonds is 4. The highest BCUT2D eigenvalue weighted by Crippen LogP contribution is 2.38. The average molecular weight is 333 g/mol. The number of hydrogen-bond acceptors (Lipinski definition) is 7. The Morgan fingerprint density at radius 2 is 2.23 bits per heavy atom. The number of aliphatic hydroxyl groups excluding tert-OH is 1. The van der Waals surface area contributed by atoms with Crippen molar-refractivity contribution in [3.8, 4) is 0 Å². The second-order valence-corrected chi connectivity index (χ2v) is 6.13. The number of anilines is 1. The molecule has 0 bridgehead atoms. The first-order valence-corrected chi connectivity index (χ1v) is 7.86. The van der Waals surface area contributed by atoms with E-state index in [1.54, 1.807) is 0 Å². The van der Waals surface area contributed by atoms with E-state index in [2.05, 4.69) is 4.98 Å². The summed E-state index contributed by atoms with van der Waals surface area (Å²) in [5.74, 6) is 0.659. The molecule has 11 heteroatoms. The van der Waals surface area contributed by atoms with Crippen molar-refractivity contribution in [2.24, 2.45) is 0 Å². The summed E-state index contributed by atoms with van der Waals surface area (Å²) >= 11 is 0. The molecule has 0 aromatic carbocycles. The molecule has 2 heterocycles. The molecule has 5 N–H and O–H groups in total. The minimum atomic E-state index is -4.39. The Bertz CT molecular complexity index is 670. The van der Waals surface area contributed by atoms with E-state index in [9.17, 15) is 14.5 Å². The van der Waals surface area contributed by atoms with Crippen LogP contribution in [0.1, 0.15) is 6.23 Å². The van der Waals surface area contributed by atoms with Crippen LogP contribution in [0.25, 0.3) is 0 Å². The van der Waals surface area contributed by atoms with Gasteiger partial charge in [-0.25, -0.2) is 4.79 Å². The van der Waals surface area contributed by atoms with E-state index >= 15 is 0 Å². The van der Waals surface area contributed by atoms with Gasteiger partial charge in [0.05, 0.1) is 0 Å². The van der Waals surface area contributed by atoms with Gasteiger partial charge in [0.25, 0.3) is 0 Å². The van der Waals surface area contributed by atoms with Crippen LogP contribution in [0.4, 0.5) is 5.82 Å². The minimum absolute atomic E-state index is 0.0340. The standard InChI is InChI=1S/C11H16N3O7P/c1-20-9-8(15)6(3-5-22(17,18)19)21-10(9)14-4-2-7(12)13-11(14)16/h2-6,8-10,15H,1H3,(H2,12,13,16)(H2,17,18,19)/t6-,8-,9-,10-/m1/s1. The summed E-state index contributed by atoms with van der Waals surface area (Å²) in [6, 6.07) is 1.38. The summed E-state index contributed by atoms with van der Waals surface area (Å²) in [6.45, 7) is 0. The van der Waals surface area contributed by atoms with Gasteiger partial charge in [0, 0.05) is 19.1 Å². The van der Waals surface area contributed by atoms with E-state index in [0.717, 1.165) is 10.6 Å². The lowest BCUT2D eigenvalue weighted by Crippen LogP contribution is -2.36. The molecule has 2 rings (SSSR count). The van der Waals surface area contributed by atoms with E-state index in [1.165, 1.54) is 19.4 Å². The van der Waals surface area contributed by atoms with Crippen LogP contribution in [0.5, 0.6) is 0 Å². The maximum Gasteiger partial charge on any atom is 0.351 e. The van der Waals surface area contributed by atoms with Gasteiger partial charge < -0.3 is 30.1 Å². The van der Waals surface area contributed by atoms with E-state index < -0.39 is 37.8 Å². The van der Waals surface area contributed by atoms with Crippen molar-refractivity contribution in [1.29, 1.82) is 0 Å². The Morgan fingerprint density at radius 3 is 2.77 bits per heavy atom. The first kappa shape index (κ1) is 16.8. The van der Waals surface area contributed by atoms with Crippen molar-refractivity contribution in [3.63, 3.8) is 0 Å². The Hall–Kier alpha value is -1.55. The highest BCUT2D eigenvalue weighted by atomic mass is 31.2. The van der Waals surface area contributed by atoms with Gasteiger partial charge in [-0.15, -0.1) is 0 Å². The molecule has 1 aromatic heterocycles. The van der Waals surface area contributed by atoms with Gasteiger partial charge in [0.1, 0.15) is 24.1 Å². The molecule has 22 heavy (non-hydrogen) atoms. The normalized spacial score (nSPS) is 29.3. The summed E-state index contributed by atoms with van der Waals surface area (Å²) in [5.41, 5.74) is 4.70. The molecule has 10 nitrogen and oxygen atoms in total. The highest BCUT2D eigenvalue weighted by Gasteiger charge is 2.44. The zero-order valence-electron chi connectivity index (χ0n) is 11.5. The van der Waals surface area contributed by atoms with Gasteiger partial charge >= 0.3 is 13.3 Å². The van der Waals surface area contributed by atoms with Crippen LogP contribution in [0.2, 0.25) is 0 Å². The van der Waals surface area contributed by atoms with Crippen molar-refractivity contribution in [1.82, 2.24) is 9.55 Å². The maximum atomic E-state index is 11.8. The third kappa shape index (κ3) is 3.61. The lowest BCUT2D eigenvalue weighted by atomic mass is 10.1. The predicted molar refractivity (Wildman–Crippen MR) is 74.8 cm³/mol. The molecule has 122 valence electrons. The van der Waals surface area contributed by atoms with Gasteiger partial charge in [-0.2, -0.15) is 4.98 Å². The fourth-order valence-corrected chi connectivity index (χ4v) is 2.52. The Labute approximate surface area is 125 Å². The molecule has 0 spiro atoms. The van der Waals surface area contributed by atoms with E-state index in [1.807, 2.05) is 0 Å². The number of nitrogens with two attached hydrogens (primary N) is 1. The summed E-state index contributed by atoms with van der Waals surface area (Å²) in [5, 5.41) is 10.1. The van der Waals surface area contributed by atoms with Crippen molar-refractivity contribution in [3.05, 3.63) is 34.6 Å². The smallest absolute Gasteiger partial charge is 0.351 e. The first-order valence-electron chi connectivity index (χ1n) is 6.18. The second kappa shape index (κ2) is 6.29. The van der Waals surface area contributed by atoms with Crippen LogP contribution in [0, 0.1) is 0 Å². The molecule has 0 aliphatic carbocycles. The van der Waals surface area contributed by atoms with Crippen molar-refractivity contribution < 1.29 is 28.9 Å². The number of nitrogens with zero attached hydrogens (tertiary/aromatic N) is 2. The highest BCUT2D eigenvalue weighted by molar-refractivity contribution is 7.55. The summed E-state index contributed by atoms with van der Waals surface area (Å²) in [6.07, 6.45) is -1.83. The molecule has 0 amide bonds. The van der Waals surface area contributed by atoms with Gasteiger partial charge in [-0.1, -0.05) is 0 Å². The van der Waals surface area contributed by atoms with Crippen LogP contribution in [0.3, 0.4) is 0 Å². The molecule has 1 aromatic rings. The average Bonchev–Trinajstić information content (AvgIpc) is 2.72. The number of ether oxygens (including phenoxy) is 2. The van der Waals surface area contributed by atoms with Crippen LogP contribution in [0.15, 0.2) is 29.0 Å². The minimum Gasteiger partial charge on any atom is -0.387 e. The van der Waals surface area contributed by atoms with Crippen molar-refractivity contribution in [2.45, 2.75) is 24.5 Å². The number of aliphatic hydroxyl groups is 1. The summed E-state index contributed by atoms with van der Waals surface area (Å²) in [7, 11) is -3.08. The van der Waals surface area contributed by atoms with Crippen LogP contribution in [-0.4, -0.2) is 49.9 Å². The molecule has 1 fully saturated rings. The number of hydrogen-bond donors (Lipinski definition) is 4. The molecule has 4 atom stereocenters. The first-order chi connectivity index (χ1) is 10.2. The van der Waals surface area contributed by atoms with E-state index in [-0.39, 0.29) is 5.82 Å². The maximum absolute atomic E-state index is 11.8. The van der Waals surface area contributed by atoms with Crippen molar-refractivity contribution >= 4 is 13.4 Å². The molecule has 1 saturated heterocycles. The van der Waals surface area contributed by atoms with Gasteiger partial charge in [0.15, 0.2) is 6.23 Å². The van der Waals surface area contributed by atoms with E-state index in [4.69, 9.17) is 25.0 Å². The molecule has 1 aliphatic heterocycles. The predicted octanol–water partition coefficient (Wildman–Crippen LogP) is -1.21. The lowest BCUT2D eigenvalue weighted by Gasteiger charge is -2.20. The number of aromatic nitrogens is 2. The van der Waals surface area contributed by atoms with Crippen molar-refractivity contribution in [2.75, 3.05) is 12.8 Å². The molecule has 1 aliphatic rings. The third-order valence-corrected chi connectivity index (χ3v) is 3.68. The van der Waals surface area contributed by atoms with Gasteiger partial charge in [-0.3, -0.25) is 9.13 Å². The SMILES string of the molecule is CO[C@@H]1[C@H](O)[C@@H](C=CP(=O)(O)O)O[C@H]1n1ccc(N)nc1=O. The largest absolute Gasteiger partial charge is 0.387 e. The molecular formula is C11H16N3O7P. The lowest BCUT2D eigenvalue weighted by molar-refractivity contribution is -0.0490. The summed E-state index contributed by atoms with van der Waals surface area (Å²) in [4.78, 5) is 33.0. The molecule has 0 radical (unpaired) electrons. The molecular weight excluding hydrogens is 317 g/mol. The topological polar surface area (TPSA) is 157 Å². The Balaban J connectivity index is 2.31. The summed E-state index contributed by atoms with van der Waals surface area (Å²) < 4.78 is 22.5. The quantitative estimate of drug-likeness (QED) is 0.496. The monoisotopic (exact) mass is 333 g/mol. The number of methoxy groups -OCH3 is 1. The fraction of sp³-hybridized carbons (Fsp3) is 0.455.